The minimum atomic E-state index is -4.05. The van der Waals surface area contributed by atoms with Gasteiger partial charge in [-0.25, -0.2) is 15.0 Å². The molecule has 9 rings (SSSR count). The fourth-order valence-electron chi connectivity index (χ4n) is 7.85. The van der Waals surface area contributed by atoms with E-state index in [9.17, 15) is 0 Å². The zero-order valence-electron chi connectivity index (χ0n) is 35.6. The molecule has 0 aliphatic carbocycles. The first-order valence-electron chi connectivity index (χ1n) is 20.9. The van der Waals surface area contributed by atoms with Gasteiger partial charge in [0.1, 0.15) is 45.3 Å². The van der Waals surface area contributed by atoms with Crippen molar-refractivity contribution in [3.05, 3.63) is 224 Å². The second-order valence-electron chi connectivity index (χ2n) is 14.8. The number of nitrogens with zero attached hydrogens (tertiary/aromatic N) is 6. The minimum absolute atomic E-state index is 0.306. The number of aromatic nitrogens is 3. The van der Waals surface area contributed by atoms with Crippen LogP contribution in [0.15, 0.2) is 218 Å². The van der Waals surface area contributed by atoms with Gasteiger partial charge in [-0.1, -0.05) is 115 Å². The summed E-state index contributed by atoms with van der Waals surface area (Å²) in [6.07, 6.45) is 0. The summed E-state index contributed by atoms with van der Waals surface area (Å²) in [4.78, 5) is 22.1. The zero-order valence-corrected chi connectivity index (χ0v) is 36.5. The molecule has 0 unspecified atom stereocenters. The van der Waals surface area contributed by atoms with Gasteiger partial charge in [0.2, 0.25) is 7.14 Å². The lowest BCUT2D eigenvalue weighted by molar-refractivity contribution is 0.416. The maximum atomic E-state index is 17.0. The molecule has 6 aromatic carbocycles. The first kappa shape index (κ1) is 41.4. The Morgan fingerprint density at radius 1 is 0.359 bits per heavy atom. The fraction of sp³-hybridized carbons (Fsp3) is 0.0556. The van der Waals surface area contributed by atoms with Crippen LogP contribution in [0.4, 0.5) is 51.6 Å². The summed E-state index contributed by atoms with van der Waals surface area (Å²) < 4.78 is 28.8. The SMILES string of the molecule is COc1ccccc1N(c1ccccc1)c1cccc(P(=O)(c2cccc(N(c3ccccc3)c3ccccc3C)n2)c2cccc(N(c3ccccc3)c3ccccc3OC)n2)n1. The molecule has 0 aliphatic heterocycles. The standard InChI is InChI=1S/C54H45N6O3P/c1-40-22-13-14-29-44(40)58(41-23-7-4-8-24-41)49-34-19-37-52(55-49)64(61,53-38-20-35-50(56-53)59(42-25-9-5-10-26-42)45-30-15-17-32-47(45)62-2)54-39-21-36-51(57-54)60(43-27-11-6-12-28-43)46-31-16-18-33-48(46)63-3/h4-39H,1-3H3. The molecule has 0 spiro atoms. The second-order valence-corrected chi connectivity index (χ2v) is 17.4. The third kappa shape index (κ3) is 8.08. The Hall–Kier alpha value is -8.00. The normalized spacial score (nSPS) is 11.1. The molecule has 10 heteroatoms. The third-order valence-electron chi connectivity index (χ3n) is 10.9. The molecule has 9 nitrogen and oxygen atoms in total. The van der Waals surface area contributed by atoms with E-state index >= 15 is 4.57 Å². The van der Waals surface area contributed by atoms with Crippen molar-refractivity contribution < 1.29 is 14.0 Å². The number of ether oxygens (including phenoxy) is 2. The van der Waals surface area contributed by atoms with Gasteiger partial charge in [0.15, 0.2) is 0 Å². The van der Waals surface area contributed by atoms with Crippen LogP contribution >= 0.6 is 7.14 Å². The predicted octanol–water partition coefficient (Wildman–Crippen LogP) is 12.2. The molecule has 0 saturated carbocycles. The van der Waals surface area contributed by atoms with Gasteiger partial charge in [-0.2, -0.15) is 0 Å². The Morgan fingerprint density at radius 2 is 0.672 bits per heavy atom. The average Bonchev–Trinajstić information content (AvgIpc) is 3.36. The topological polar surface area (TPSA) is 83.9 Å². The molecule has 0 N–H and O–H groups in total. The largest absolute Gasteiger partial charge is 0.495 e. The van der Waals surface area contributed by atoms with Crippen LogP contribution in [0.5, 0.6) is 11.5 Å². The molecular formula is C54H45N6O3P. The predicted molar refractivity (Wildman–Crippen MR) is 261 cm³/mol. The quantitative estimate of drug-likeness (QED) is 0.0993. The molecule has 0 fully saturated rings. The van der Waals surface area contributed by atoms with Crippen molar-refractivity contribution in [2.24, 2.45) is 0 Å². The highest BCUT2D eigenvalue weighted by Gasteiger charge is 2.37. The summed E-state index contributed by atoms with van der Waals surface area (Å²) in [5.41, 5.74) is 7.06. The number of pyridine rings is 3. The van der Waals surface area contributed by atoms with Gasteiger partial charge >= 0.3 is 0 Å². The van der Waals surface area contributed by atoms with E-state index in [0.29, 0.717) is 45.3 Å². The van der Waals surface area contributed by atoms with E-state index in [-0.39, 0.29) is 0 Å². The van der Waals surface area contributed by atoms with Crippen molar-refractivity contribution in [2.75, 3.05) is 28.9 Å². The Morgan fingerprint density at radius 3 is 1.03 bits per heavy atom. The second kappa shape index (κ2) is 18.5. The van der Waals surface area contributed by atoms with E-state index < -0.39 is 7.14 Å². The van der Waals surface area contributed by atoms with E-state index in [1.165, 1.54) is 0 Å². The molecule has 314 valence electrons. The highest BCUT2D eigenvalue weighted by molar-refractivity contribution is 7.84. The van der Waals surface area contributed by atoms with Crippen molar-refractivity contribution in [1.82, 2.24) is 15.0 Å². The summed E-state index contributed by atoms with van der Waals surface area (Å²) in [6, 6.07) is 70.6. The van der Waals surface area contributed by atoms with Crippen LogP contribution in [0, 0.1) is 6.92 Å². The average molecular weight is 857 g/mol. The van der Waals surface area contributed by atoms with E-state index in [2.05, 4.69) is 24.0 Å². The molecule has 0 bridgehead atoms. The molecule has 9 aromatic rings. The van der Waals surface area contributed by atoms with Crippen molar-refractivity contribution in [2.45, 2.75) is 6.92 Å². The Labute approximate surface area is 373 Å². The summed E-state index contributed by atoms with van der Waals surface area (Å²) in [7, 11) is -0.752. The number of anilines is 9. The lowest BCUT2D eigenvalue weighted by atomic mass is 10.1. The van der Waals surface area contributed by atoms with Gasteiger partial charge in [0, 0.05) is 17.1 Å². The highest BCUT2D eigenvalue weighted by atomic mass is 31.2. The van der Waals surface area contributed by atoms with Crippen molar-refractivity contribution in [1.29, 1.82) is 0 Å². The monoisotopic (exact) mass is 856 g/mol. The highest BCUT2D eigenvalue weighted by Crippen LogP contribution is 2.46. The summed E-state index contributed by atoms with van der Waals surface area (Å²) in [6.45, 7) is 2.07. The Balaban J connectivity index is 1.29. The van der Waals surface area contributed by atoms with Gasteiger partial charge in [-0.05, 0) is 116 Å². The minimum Gasteiger partial charge on any atom is -0.495 e. The fourth-order valence-corrected chi connectivity index (χ4v) is 10.2. The third-order valence-corrected chi connectivity index (χ3v) is 13.5. The number of para-hydroxylation sites is 8. The molecule has 3 heterocycles. The first-order valence-corrected chi connectivity index (χ1v) is 22.6. The molecule has 64 heavy (non-hydrogen) atoms. The molecule has 0 saturated heterocycles. The van der Waals surface area contributed by atoms with E-state index in [1.54, 1.807) is 14.2 Å². The first-order chi connectivity index (χ1) is 31.5. The molecule has 0 amide bonds. The molecule has 0 atom stereocenters. The lowest BCUT2D eigenvalue weighted by Gasteiger charge is -2.29. The van der Waals surface area contributed by atoms with Crippen LogP contribution in [0.1, 0.15) is 5.56 Å². The van der Waals surface area contributed by atoms with Crippen molar-refractivity contribution >= 4 is 75.0 Å². The number of aryl methyl sites for hydroxylation is 1. The summed E-state index contributed by atoms with van der Waals surface area (Å²) >= 11 is 0. The Bertz CT molecular complexity index is 2920. The number of rotatable bonds is 14. The zero-order chi connectivity index (χ0) is 43.9. The molecule has 3 aromatic heterocycles. The van der Waals surface area contributed by atoms with E-state index in [0.717, 1.165) is 39.7 Å². The number of hydrogen-bond acceptors (Lipinski definition) is 9. The van der Waals surface area contributed by atoms with Gasteiger partial charge in [0.25, 0.3) is 0 Å². The van der Waals surface area contributed by atoms with Crippen LogP contribution < -0.4 is 40.5 Å². The number of benzene rings is 6. The van der Waals surface area contributed by atoms with Crippen LogP contribution in [-0.4, -0.2) is 29.2 Å². The molecular weight excluding hydrogens is 812 g/mol. The van der Waals surface area contributed by atoms with Gasteiger partial charge in [0.05, 0.1) is 31.3 Å². The Kier molecular flexibility index (Phi) is 12.0. The van der Waals surface area contributed by atoms with Gasteiger partial charge in [-0.15, -0.1) is 0 Å². The van der Waals surface area contributed by atoms with E-state index in [4.69, 9.17) is 24.4 Å². The van der Waals surface area contributed by atoms with Crippen LogP contribution in [-0.2, 0) is 4.57 Å². The smallest absolute Gasteiger partial charge is 0.223 e. The van der Waals surface area contributed by atoms with Crippen LogP contribution in [0.2, 0.25) is 0 Å². The van der Waals surface area contributed by atoms with E-state index in [1.807, 2.05) is 216 Å². The lowest BCUT2D eigenvalue weighted by Crippen LogP contribution is -2.32. The van der Waals surface area contributed by atoms with Crippen molar-refractivity contribution in [3.8, 4) is 11.5 Å². The maximum absolute atomic E-state index is 17.0. The summed E-state index contributed by atoms with van der Waals surface area (Å²) in [5, 5.41) is 0. The summed E-state index contributed by atoms with van der Waals surface area (Å²) in [5.74, 6) is 2.96. The van der Waals surface area contributed by atoms with Gasteiger partial charge < -0.3 is 14.0 Å². The van der Waals surface area contributed by atoms with Crippen LogP contribution in [0.25, 0.3) is 0 Å². The number of methoxy groups -OCH3 is 2. The van der Waals surface area contributed by atoms with Crippen molar-refractivity contribution in [3.63, 3.8) is 0 Å². The maximum Gasteiger partial charge on any atom is 0.223 e. The molecule has 0 radical (unpaired) electrons. The van der Waals surface area contributed by atoms with Gasteiger partial charge in [-0.3, -0.25) is 14.7 Å². The van der Waals surface area contributed by atoms with Crippen LogP contribution in [0.3, 0.4) is 0 Å². The number of hydrogen-bond donors (Lipinski definition) is 0. The molecule has 0 aliphatic rings.